The van der Waals surface area contributed by atoms with Gasteiger partial charge in [0.1, 0.15) is 30.6 Å². The molecular weight excluding hydrogens is 667 g/mol. The molecular formula is C35H38Cl2N8O4. The van der Waals surface area contributed by atoms with E-state index >= 15 is 0 Å². The summed E-state index contributed by atoms with van der Waals surface area (Å²) >= 11 is 12.8. The Morgan fingerprint density at radius 1 is 1.00 bits per heavy atom. The van der Waals surface area contributed by atoms with Crippen LogP contribution in [-0.4, -0.2) is 74.4 Å². The van der Waals surface area contributed by atoms with Crippen LogP contribution in [0.2, 0.25) is 10.0 Å². The van der Waals surface area contributed by atoms with Gasteiger partial charge in [0.05, 0.1) is 42.4 Å². The molecule has 12 nitrogen and oxygen atoms in total. The molecule has 0 N–H and O–H groups in total. The quantitative estimate of drug-likeness (QED) is 0.174. The lowest BCUT2D eigenvalue weighted by Crippen LogP contribution is -2.46. The first-order chi connectivity index (χ1) is 23.8. The predicted molar refractivity (Wildman–Crippen MR) is 188 cm³/mol. The minimum Gasteiger partial charge on any atom is -0.491 e. The molecule has 0 saturated carbocycles. The summed E-state index contributed by atoms with van der Waals surface area (Å²) in [6.07, 6.45) is 9.17. The zero-order chi connectivity index (χ0) is 34.0. The fourth-order valence-electron chi connectivity index (χ4n) is 6.20. The van der Waals surface area contributed by atoms with Gasteiger partial charge < -0.3 is 28.6 Å². The lowest BCUT2D eigenvalue weighted by Gasteiger charge is -2.37. The van der Waals surface area contributed by atoms with E-state index in [-0.39, 0.29) is 17.8 Å². The van der Waals surface area contributed by atoms with Gasteiger partial charge in [0, 0.05) is 54.8 Å². The van der Waals surface area contributed by atoms with Crippen LogP contribution in [-0.2, 0) is 21.8 Å². The minimum absolute atomic E-state index is 0.0384. The molecule has 49 heavy (non-hydrogen) atoms. The molecule has 0 amide bonds. The summed E-state index contributed by atoms with van der Waals surface area (Å²) in [6, 6.07) is 17.4. The Labute approximate surface area is 294 Å². The van der Waals surface area contributed by atoms with Crippen molar-refractivity contribution in [2.45, 2.75) is 44.7 Å². The van der Waals surface area contributed by atoms with Crippen molar-refractivity contribution in [3.8, 4) is 11.6 Å². The van der Waals surface area contributed by atoms with Crippen LogP contribution < -0.4 is 20.2 Å². The van der Waals surface area contributed by atoms with Crippen molar-refractivity contribution in [3.05, 3.63) is 112 Å². The molecule has 5 heterocycles. The number of benzene rings is 2. The highest BCUT2D eigenvalue weighted by molar-refractivity contribution is 6.35. The number of imidazole rings is 1. The van der Waals surface area contributed by atoms with E-state index in [0.29, 0.717) is 41.2 Å². The Morgan fingerprint density at radius 2 is 1.76 bits per heavy atom. The number of piperazine rings is 1. The summed E-state index contributed by atoms with van der Waals surface area (Å²) in [6.45, 7) is 8.48. The average Bonchev–Trinajstić information content (AvgIpc) is 3.88. The zero-order valence-electron chi connectivity index (χ0n) is 27.4. The molecule has 1 unspecified atom stereocenters. The standard InChI is InChI=1S/C35H38Cl2N8O4/c1-3-25(2)45-34(46)44(24-40-45)33-11-7-28(19-39-33)43-16-14-42(15-17-43)27-5-8-29(9-6-27)47-20-30-21-48-35(49-30,22-41-13-12-38-23-41)31-10-4-26(36)18-32(31)37/h4-13,18-19,23-25,30H,3,14-17,20-22H2,1-2H3/t25?,30-,35-/m1/s1. The monoisotopic (exact) mass is 704 g/mol. The maximum absolute atomic E-state index is 12.8. The van der Waals surface area contributed by atoms with Gasteiger partial charge in [-0.2, -0.15) is 5.10 Å². The largest absolute Gasteiger partial charge is 0.491 e. The number of rotatable bonds is 11. The van der Waals surface area contributed by atoms with Gasteiger partial charge >= 0.3 is 5.69 Å². The van der Waals surface area contributed by atoms with Crippen LogP contribution in [0, 0.1) is 0 Å². The third-order valence-electron chi connectivity index (χ3n) is 9.11. The van der Waals surface area contributed by atoms with E-state index in [2.05, 4.69) is 37.0 Å². The number of nitrogens with zero attached hydrogens (tertiary/aromatic N) is 8. The topological polar surface area (TPSA) is 105 Å². The molecule has 0 bridgehead atoms. The molecule has 2 aliphatic rings. The Hall–Kier alpha value is -4.36. The molecule has 3 aromatic heterocycles. The van der Waals surface area contributed by atoms with Crippen LogP contribution in [0.3, 0.4) is 0 Å². The van der Waals surface area contributed by atoms with Gasteiger partial charge in [-0.3, -0.25) is 0 Å². The van der Waals surface area contributed by atoms with Gasteiger partial charge in [-0.25, -0.2) is 24.0 Å². The SMILES string of the molecule is CCC(C)n1ncn(-c2ccc(N3CCN(c4ccc(OC[C@@H]5CO[C@@](Cn6ccnc6)(c6ccc(Cl)cc6Cl)O5)cc4)CC3)cn2)c1=O. The molecule has 0 spiro atoms. The van der Waals surface area contributed by atoms with E-state index in [4.69, 9.17) is 37.4 Å². The number of halogens is 2. The highest BCUT2D eigenvalue weighted by Gasteiger charge is 2.45. The molecule has 2 aromatic carbocycles. The van der Waals surface area contributed by atoms with Gasteiger partial charge in [0.25, 0.3) is 0 Å². The lowest BCUT2D eigenvalue weighted by molar-refractivity contribution is -0.189. The fourth-order valence-corrected chi connectivity index (χ4v) is 6.75. The Balaban J connectivity index is 0.925. The smallest absolute Gasteiger partial charge is 0.351 e. The first-order valence-corrected chi connectivity index (χ1v) is 17.2. The summed E-state index contributed by atoms with van der Waals surface area (Å²) < 4.78 is 23.8. The van der Waals surface area contributed by atoms with E-state index in [1.54, 1.807) is 24.7 Å². The van der Waals surface area contributed by atoms with E-state index in [0.717, 1.165) is 49.7 Å². The molecule has 0 radical (unpaired) electrons. The second-order valence-corrected chi connectivity index (χ2v) is 13.1. The van der Waals surface area contributed by atoms with Gasteiger partial charge in [-0.1, -0.05) is 36.2 Å². The third kappa shape index (κ3) is 7.04. The van der Waals surface area contributed by atoms with Crippen LogP contribution in [0.5, 0.6) is 5.75 Å². The van der Waals surface area contributed by atoms with E-state index in [9.17, 15) is 4.79 Å². The van der Waals surface area contributed by atoms with Crippen LogP contribution in [0.25, 0.3) is 5.82 Å². The second-order valence-electron chi connectivity index (χ2n) is 12.3. The zero-order valence-corrected chi connectivity index (χ0v) is 28.9. The summed E-state index contributed by atoms with van der Waals surface area (Å²) in [5.74, 6) is 0.218. The Morgan fingerprint density at radius 3 is 2.43 bits per heavy atom. The van der Waals surface area contributed by atoms with E-state index < -0.39 is 5.79 Å². The molecule has 2 fully saturated rings. The molecule has 7 rings (SSSR count). The van der Waals surface area contributed by atoms with Crippen LogP contribution in [0.4, 0.5) is 11.4 Å². The number of ether oxygens (including phenoxy) is 3. The van der Waals surface area contributed by atoms with Gasteiger partial charge in [0.15, 0.2) is 0 Å². The number of anilines is 2. The van der Waals surface area contributed by atoms with E-state index in [1.165, 1.54) is 15.6 Å². The van der Waals surface area contributed by atoms with Crippen LogP contribution in [0.15, 0.2) is 90.6 Å². The number of pyridine rings is 1. The maximum atomic E-state index is 12.8. The Kier molecular flexibility index (Phi) is 9.64. The molecule has 14 heteroatoms. The lowest BCUT2D eigenvalue weighted by atomic mass is 10.1. The highest BCUT2D eigenvalue weighted by atomic mass is 35.5. The molecule has 0 aliphatic carbocycles. The second kappa shape index (κ2) is 14.2. The van der Waals surface area contributed by atoms with Crippen LogP contribution >= 0.6 is 23.2 Å². The summed E-state index contributed by atoms with van der Waals surface area (Å²) in [7, 11) is 0. The fraction of sp³-hybridized carbons (Fsp3) is 0.371. The summed E-state index contributed by atoms with van der Waals surface area (Å²) in [5.41, 5.74) is 2.69. The van der Waals surface area contributed by atoms with E-state index in [1.807, 2.05) is 61.1 Å². The van der Waals surface area contributed by atoms with Crippen molar-refractivity contribution in [3.63, 3.8) is 0 Å². The minimum atomic E-state index is -1.10. The van der Waals surface area contributed by atoms with Crippen molar-refractivity contribution in [2.75, 3.05) is 49.2 Å². The first kappa shape index (κ1) is 33.2. The van der Waals surface area contributed by atoms with Crippen molar-refractivity contribution in [1.29, 1.82) is 0 Å². The van der Waals surface area contributed by atoms with Crippen molar-refractivity contribution < 1.29 is 14.2 Å². The number of aromatic nitrogens is 6. The van der Waals surface area contributed by atoms with Crippen molar-refractivity contribution in [1.82, 2.24) is 28.9 Å². The normalized spacial score (nSPS) is 20.1. The number of hydrogen-bond donors (Lipinski definition) is 0. The number of hydrogen-bond acceptors (Lipinski definition) is 9. The average molecular weight is 706 g/mol. The highest BCUT2D eigenvalue weighted by Crippen LogP contribution is 2.40. The van der Waals surface area contributed by atoms with Crippen molar-refractivity contribution in [2.24, 2.45) is 0 Å². The van der Waals surface area contributed by atoms with Crippen LogP contribution in [0.1, 0.15) is 31.9 Å². The maximum Gasteiger partial charge on any atom is 0.351 e. The Bertz CT molecular complexity index is 1910. The molecule has 256 valence electrons. The molecule has 5 aromatic rings. The molecule has 2 aliphatic heterocycles. The third-order valence-corrected chi connectivity index (χ3v) is 9.66. The molecule has 2 saturated heterocycles. The molecule has 3 atom stereocenters. The van der Waals surface area contributed by atoms with Gasteiger partial charge in [0.2, 0.25) is 5.79 Å². The summed E-state index contributed by atoms with van der Waals surface area (Å²) in [5, 5.41) is 5.27. The summed E-state index contributed by atoms with van der Waals surface area (Å²) in [4.78, 5) is 26.2. The van der Waals surface area contributed by atoms with Gasteiger partial charge in [-0.15, -0.1) is 0 Å². The van der Waals surface area contributed by atoms with Crippen molar-refractivity contribution >= 4 is 34.6 Å². The van der Waals surface area contributed by atoms with Gasteiger partial charge in [-0.05, 0) is 61.9 Å². The first-order valence-electron chi connectivity index (χ1n) is 16.4. The predicted octanol–water partition coefficient (Wildman–Crippen LogP) is 5.58.